The van der Waals surface area contributed by atoms with Gasteiger partial charge in [-0.1, -0.05) is 32.6 Å². The maximum atomic E-state index is 12.2. The smallest absolute Gasteiger partial charge is 0.326 e. The molecule has 2 N–H and O–H groups in total. The molecule has 3 heteroatoms. The van der Waals surface area contributed by atoms with Crippen molar-refractivity contribution in [1.82, 2.24) is 0 Å². The van der Waals surface area contributed by atoms with Crippen LogP contribution < -0.4 is 5.73 Å². The van der Waals surface area contributed by atoms with Crippen LogP contribution in [-0.2, 0) is 9.53 Å². The number of carbonyl (C=O) groups excluding carboxylic acids is 1. The van der Waals surface area contributed by atoms with Gasteiger partial charge >= 0.3 is 5.97 Å². The molecule has 0 radical (unpaired) electrons. The molecule has 0 spiro atoms. The van der Waals surface area contributed by atoms with Gasteiger partial charge in [-0.3, -0.25) is 4.79 Å². The van der Waals surface area contributed by atoms with Crippen molar-refractivity contribution in [3.63, 3.8) is 0 Å². The maximum Gasteiger partial charge on any atom is 0.326 e. The summed E-state index contributed by atoms with van der Waals surface area (Å²) in [4.78, 5) is 12.2. The fraction of sp³-hybridized carbons (Fsp3) is 0.938. The second-order valence-electron chi connectivity index (χ2n) is 6.61. The average Bonchev–Trinajstić information content (AvgIpc) is 2.46. The summed E-state index contributed by atoms with van der Waals surface area (Å²) >= 11 is 0. The average molecular weight is 267 g/mol. The number of nitrogens with two attached hydrogens (primary N) is 1. The third-order valence-corrected chi connectivity index (χ3v) is 5.16. The lowest BCUT2D eigenvalue weighted by Crippen LogP contribution is -2.51. The van der Waals surface area contributed by atoms with Gasteiger partial charge in [-0.25, -0.2) is 0 Å². The molecule has 0 aromatic rings. The van der Waals surface area contributed by atoms with E-state index in [-0.39, 0.29) is 5.97 Å². The van der Waals surface area contributed by atoms with Gasteiger partial charge in [0.15, 0.2) is 0 Å². The summed E-state index contributed by atoms with van der Waals surface area (Å²) in [6.45, 7) is 2.81. The Bertz CT molecular complexity index is 289. The molecule has 0 aliphatic heterocycles. The summed E-state index contributed by atoms with van der Waals surface area (Å²) < 4.78 is 5.53. The standard InChI is InChI=1S/C16H29NO2/c1-2-13-8-10-16(17,11-9-13)15(18)19-12-14-6-4-3-5-7-14/h13-14H,2-12,17H2,1H3. The van der Waals surface area contributed by atoms with Crippen molar-refractivity contribution in [2.75, 3.05) is 6.61 Å². The third kappa shape index (κ3) is 3.95. The van der Waals surface area contributed by atoms with Crippen LogP contribution >= 0.6 is 0 Å². The molecule has 0 heterocycles. The van der Waals surface area contributed by atoms with E-state index < -0.39 is 5.54 Å². The van der Waals surface area contributed by atoms with Crippen LogP contribution in [0.15, 0.2) is 0 Å². The highest BCUT2D eigenvalue weighted by atomic mass is 16.5. The Labute approximate surface area is 117 Å². The second kappa shape index (κ2) is 6.74. The highest BCUT2D eigenvalue weighted by molar-refractivity contribution is 5.80. The van der Waals surface area contributed by atoms with Crippen LogP contribution in [0, 0.1) is 11.8 Å². The maximum absolute atomic E-state index is 12.2. The molecule has 0 aromatic heterocycles. The van der Waals surface area contributed by atoms with E-state index in [1.54, 1.807) is 0 Å². The van der Waals surface area contributed by atoms with Crippen molar-refractivity contribution < 1.29 is 9.53 Å². The van der Waals surface area contributed by atoms with Gasteiger partial charge in [0.2, 0.25) is 0 Å². The van der Waals surface area contributed by atoms with Gasteiger partial charge in [0, 0.05) is 0 Å². The Balaban J connectivity index is 1.75. The predicted octanol–water partition coefficient (Wildman–Crippen LogP) is 3.41. The number of rotatable bonds is 4. The van der Waals surface area contributed by atoms with Gasteiger partial charge in [-0.05, 0) is 50.4 Å². The van der Waals surface area contributed by atoms with E-state index in [0.29, 0.717) is 12.5 Å². The fourth-order valence-electron chi connectivity index (χ4n) is 3.50. The molecule has 0 aromatic carbocycles. The Hall–Kier alpha value is -0.570. The molecule has 2 aliphatic rings. The number of esters is 1. The zero-order valence-corrected chi connectivity index (χ0v) is 12.3. The lowest BCUT2D eigenvalue weighted by Gasteiger charge is -2.35. The Morgan fingerprint density at radius 3 is 2.32 bits per heavy atom. The van der Waals surface area contributed by atoms with Crippen LogP contribution in [0.2, 0.25) is 0 Å². The van der Waals surface area contributed by atoms with Crippen LogP contribution in [0.3, 0.4) is 0 Å². The minimum atomic E-state index is -0.694. The molecule has 2 aliphatic carbocycles. The van der Waals surface area contributed by atoms with Gasteiger partial charge in [0.1, 0.15) is 5.54 Å². The molecule has 2 rings (SSSR count). The highest BCUT2D eigenvalue weighted by Gasteiger charge is 2.39. The summed E-state index contributed by atoms with van der Waals surface area (Å²) in [6, 6.07) is 0. The predicted molar refractivity (Wildman–Crippen MR) is 76.7 cm³/mol. The molecule has 2 saturated carbocycles. The quantitative estimate of drug-likeness (QED) is 0.794. The molecule has 0 amide bonds. The largest absolute Gasteiger partial charge is 0.464 e. The van der Waals surface area contributed by atoms with E-state index in [1.165, 1.54) is 38.5 Å². The highest BCUT2D eigenvalue weighted by Crippen LogP contribution is 2.33. The summed E-state index contributed by atoms with van der Waals surface area (Å²) in [5.74, 6) is 1.18. The Morgan fingerprint density at radius 2 is 1.74 bits per heavy atom. The van der Waals surface area contributed by atoms with E-state index in [2.05, 4.69) is 6.92 Å². The molecule has 2 fully saturated rings. The first-order valence-electron chi connectivity index (χ1n) is 8.10. The van der Waals surface area contributed by atoms with Crippen molar-refractivity contribution in [1.29, 1.82) is 0 Å². The van der Waals surface area contributed by atoms with Crippen LogP contribution in [0.25, 0.3) is 0 Å². The first kappa shape index (κ1) is 14.8. The summed E-state index contributed by atoms with van der Waals surface area (Å²) in [5.41, 5.74) is 5.57. The molecule has 0 bridgehead atoms. The van der Waals surface area contributed by atoms with E-state index in [9.17, 15) is 4.79 Å². The lowest BCUT2D eigenvalue weighted by atomic mass is 9.76. The molecule has 0 atom stereocenters. The second-order valence-corrected chi connectivity index (χ2v) is 6.61. The summed E-state index contributed by atoms with van der Waals surface area (Å²) in [5, 5.41) is 0. The monoisotopic (exact) mass is 267 g/mol. The molecule has 110 valence electrons. The zero-order valence-electron chi connectivity index (χ0n) is 12.3. The van der Waals surface area contributed by atoms with Crippen molar-refractivity contribution in [2.24, 2.45) is 17.6 Å². The normalized spacial score (nSPS) is 33.1. The summed E-state index contributed by atoms with van der Waals surface area (Å²) in [6.07, 6.45) is 11.3. The van der Waals surface area contributed by atoms with Gasteiger partial charge in [-0.15, -0.1) is 0 Å². The van der Waals surface area contributed by atoms with Crippen molar-refractivity contribution >= 4 is 5.97 Å². The van der Waals surface area contributed by atoms with Crippen LogP contribution in [0.4, 0.5) is 0 Å². The first-order chi connectivity index (χ1) is 9.14. The van der Waals surface area contributed by atoms with E-state index in [4.69, 9.17) is 10.5 Å². The van der Waals surface area contributed by atoms with Crippen LogP contribution in [0.5, 0.6) is 0 Å². The Kier molecular flexibility index (Phi) is 5.26. The van der Waals surface area contributed by atoms with Crippen molar-refractivity contribution in [3.8, 4) is 0 Å². The van der Waals surface area contributed by atoms with Gasteiger partial charge in [0.25, 0.3) is 0 Å². The van der Waals surface area contributed by atoms with Gasteiger partial charge < -0.3 is 10.5 Å². The minimum absolute atomic E-state index is 0.146. The third-order valence-electron chi connectivity index (χ3n) is 5.16. The van der Waals surface area contributed by atoms with Crippen LogP contribution in [0.1, 0.15) is 71.1 Å². The first-order valence-corrected chi connectivity index (χ1v) is 8.10. The number of hydrogen-bond donors (Lipinski definition) is 1. The molecule has 3 nitrogen and oxygen atoms in total. The van der Waals surface area contributed by atoms with Crippen molar-refractivity contribution in [3.05, 3.63) is 0 Å². The number of hydrogen-bond acceptors (Lipinski definition) is 3. The summed E-state index contributed by atoms with van der Waals surface area (Å²) in [7, 11) is 0. The van der Waals surface area contributed by atoms with E-state index >= 15 is 0 Å². The van der Waals surface area contributed by atoms with Crippen LogP contribution in [-0.4, -0.2) is 18.1 Å². The van der Waals surface area contributed by atoms with Crippen molar-refractivity contribution in [2.45, 2.75) is 76.7 Å². The van der Waals surface area contributed by atoms with E-state index in [1.807, 2.05) is 0 Å². The number of ether oxygens (including phenoxy) is 1. The fourth-order valence-corrected chi connectivity index (χ4v) is 3.50. The lowest BCUT2D eigenvalue weighted by molar-refractivity contribution is -0.153. The SMILES string of the molecule is CCC1CCC(N)(C(=O)OCC2CCCCC2)CC1. The van der Waals surface area contributed by atoms with E-state index in [0.717, 1.165) is 31.6 Å². The molecular formula is C16H29NO2. The topological polar surface area (TPSA) is 52.3 Å². The van der Waals surface area contributed by atoms with Gasteiger partial charge in [-0.2, -0.15) is 0 Å². The minimum Gasteiger partial charge on any atom is -0.464 e. The molecular weight excluding hydrogens is 238 g/mol. The van der Waals surface area contributed by atoms with Gasteiger partial charge in [0.05, 0.1) is 6.61 Å². The molecule has 0 unspecified atom stereocenters. The zero-order chi connectivity index (χ0) is 13.7. The number of carbonyl (C=O) groups is 1. The Morgan fingerprint density at radius 1 is 1.11 bits per heavy atom. The molecule has 19 heavy (non-hydrogen) atoms. The molecule has 0 saturated heterocycles.